The van der Waals surface area contributed by atoms with E-state index in [0.29, 0.717) is 4.88 Å². The summed E-state index contributed by atoms with van der Waals surface area (Å²) in [5, 5.41) is 0. The Morgan fingerprint density at radius 1 is 1.14 bits per heavy atom. The molecule has 0 aliphatic heterocycles. The lowest BCUT2D eigenvalue weighted by Gasteiger charge is -2.04. The van der Waals surface area contributed by atoms with Gasteiger partial charge in [-0.3, -0.25) is 4.79 Å². The Morgan fingerprint density at radius 2 is 1.77 bits per heavy atom. The zero-order valence-corrected chi connectivity index (χ0v) is 14.6. The predicted molar refractivity (Wildman–Crippen MR) is 86.2 cm³/mol. The highest BCUT2D eigenvalue weighted by molar-refractivity contribution is 9.11. The van der Waals surface area contributed by atoms with Gasteiger partial charge >= 0.3 is 5.97 Å². The van der Waals surface area contributed by atoms with Crippen LogP contribution >= 0.6 is 27.3 Å². The average Bonchev–Trinajstić information content (AvgIpc) is 2.90. The molecule has 0 aliphatic rings. The number of halogens is 1. The van der Waals surface area contributed by atoms with Crippen LogP contribution in [0.1, 0.15) is 20.0 Å². The minimum absolute atomic E-state index is 0.114. The van der Waals surface area contributed by atoms with E-state index in [9.17, 15) is 18.0 Å². The predicted octanol–water partition coefficient (Wildman–Crippen LogP) is 2.95. The Kier molecular flexibility index (Phi) is 5.15. The van der Waals surface area contributed by atoms with Crippen molar-refractivity contribution >= 4 is 48.9 Å². The van der Waals surface area contributed by atoms with Crippen molar-refractivity contribution in [3.05, 3.63) is 50.6 Å². The second-order valence-corrected chi connectivity index (χ2v) is 8.88. The van der Waals surface area contributed by atoms with Gasteiger partial charge in [-0.05, 0) is 52.3 Å². The first kappa shape index (κ1) is 16.9. The first-order valence-electron chi connectivity index (χ1n) is 6.03. The molecule has 116 valence electrons. The van der Waals surface area contributed by atoms with Gasteiger partial charge in [0, 0.05) is 6.26 Å². The van der Waals surface area contributed by atoms with Gasteiger partial charge in [-0.1, -0.05) is 0 Å². The fourth-order valence-corrected chi connectivity index (χ4v) is 3.53. The van der Waals surface area contributed by atoms with Crippen molar-refractivity contribution in [2.45, 2.75) is 4.90 Å². The SMILES string of the molecule is CS(=O)(=O)c1ccc(C(=O)OCC(=O)c2ccc(Br)s2)cc1. The maximum absolute atomic E-state index is 11.8. The van der Waals surface area contributed by atoms with Crippen molar-refractivity contribution < 1.29 is 22.7 Å². The molecule has 1 aromatic heterocycles. The number of esters is 1. The van der Waals surface area contributed by atoms with Crippen molar-refractivity contribution in [3.63, 3.8) is 0 Å². The van der Waals surface area contributed by atoms with Crippen LogP contribution in [0.5, 0.6) is 0 Å². The van der Waals surface area contributed by atoms with Crippen LogP contribution in [0, 0.1) is 0 Å². The molecule has 1 aromatic carbocycles. The van der Waals surface area contributed by atoms with E-state index in [2.05, 4.69) is 15.9 Å². The summed E-state index contributed by atoms with van der Waals surface area (Å²) in [6, 6.07) is 8.74. The van der Waals surface area contributed by atoms with Gasteiger partial charge in [-0.15, -0.1) is 11.3 Å². The second kappa shape index (κ2) is 6.72. The average molecular weight is 403 g/mol. The maximum Gasteiger partial charge on any atom is 0.338 e. The van der Waals surface area contributed by atoms with Gasteiger partial charge in [-0.25, -0.2) is 13.2 Å². The minimum Gasteiger partial charge on any atom is -0.454 e. The third kappa shape index (κ3) is 4.25. The zero-order chi connectivity index (χ0) is 16.3. The van der Waals surface area contributed by atoms with Crippen LogP contribution in [0.2, 0.25) is 0 Å². The fraction of sp³-hybridized carbons (Fsp3) is 0.143. The number of carbonyl (C=O) groups is 2. The van der Waals surface area contributed by atoms with Crippen LogP contribution in [-0.2, 0) is 14.6 Å². The first-order chi connectivity index (χ1) is 10.3. The molecule has 0 saturated heterocycles. The van der Waals surface area contributed by atoms with Crippen LogP contribution in [-0.4, -0.2) is 33.0 Å². The molecule has 0 saturated carbocycles. The van der Waals surface area contributed by atoms with E-state index in [1.54, 1.807) is 12.1 Å². The van der Waals surface area contributed by atoms with Crippen LogP contribution in [0.25, 0.3) is 0 Å². The number of ketones is 1. The van der Waals surface area contributed by atoms with E-state index < -0.39 is 15.8 Å². The third-order valence-corrected chi connectivity index (χ3v) is 5.49. The highest BCUT2D eigenvalue weighted by Crippen LogP contribution is 2.22. The lowest BCUT2D eigenvalue weighted by Crippen LogP contribution is -2.13. The Morgan fingerprint density at radius 3 is 2.27 bits per heavy atom. The molecule has 0 amide bonds. The van der Waals surface area contributed by atoms with Crippen LogP contribution in [0.15, 0.2) is 45.1 Å². The minimum atomic E-state index is -3.31. The third-order valence-electron chi connectivity index (χ3n) is 2.70. The Labute approximate surface area is 140 Å². The lowest BCUT2D eigenvalue weighted by molar-refractivity contribution is 0.0475. The normalized spacial score (nSPS) is 11.2. The Hall–Kier alpha value is -1.51. The maximum atomic E-state index is 11.8. The summed E-state index contributed by atoms with van der Waals surface area (Å²) < 4.78 is 28.4. The topological polar surface area (TPSA) is 77.5 Å². The van der Waals surface area contributed by atoms with Gasteiger partial charge in [0.15, 0.2) is 16.4 Å². The van der Waals surface area contributed by atoms with E-state index in [4.69, 9.17) is 4.74 Å². The number of thiophene rings is 1. The molecular weight excluding hydrogens is 392 g/mol. The van der Waals surface area contributed by atoms with Crippen molar-refractivity contribution in [3.8, 4) is 0 Å². The van der Waals surface area contributed by atoms with Gasteiger partial charge in [0.05, 0.1) is 19.1 Å². The van der Waals surface area contributed by atoms with Gasteiger partial charge < -0.3 is 4.74 Å². The summed E-state index contributed by atoms with van der Waals surface area (Å²) in [5.41, 5.74) is 0.188. The molecular formula is C14H11BrO5S2. The molecule has 0 atom stereocenters. The van der Waals surface area contributed by atoms with E-state index in [0.717, 1.165) is 10.0 Å². The molecule has 0 spiro atoms. The summed E-state index contributed by atoms with van der Waals surface area (Å²) >= 11 is 4.51. The number of ether oxygens (including phenoxy) is 1. The monoisotopic (exact) mass is 402 g/mol. The molecule has 0 radical (unpaired) electrons. The number of hydrogen-bond acceptors (Lipinski definition) is 6. The van der Waals surface area contributed by atoms with E-state index >= 15 is 0 Å². The number of Topliss-reactive ketones (excluding diaryl/α,β-unsaturated/α-hetero) is 1. The zero-order valence-electron chi connectivity index (χ0n) is 11.4. The quantitative estimate of drug-likeness (QED) is 0.567. The molecule has 0 bridgehead atoms. The number of sulfone groups is 1. The molecule has 0 N–H and O–H groups in total. The van der Waals surface area contributed by atoms with E-state index in [-0.39, 0.29) is 22.8 Å². The molecule has 0 fully saturated rings. The highest BCUT2D eigenvalue weighted by atomic mass is 79.9. The van der Waals surface area contributed by atoms with E-state index in [1.165, 1.54) is 35.6 Å². The summed E-state index contributed by atoms with van der Waals surface area (Å²) in [4.78, 5) is 24.2. The summed E-state index contributed by atoms with van der Waals surface area (Å²) in [5.74, 6) is -0.971. The van der Waals surface area contributed by atoms with Gasteiger partial charge in [-0.2, -0.15) is 0 Å². The van der Waals surface area contributed by atoms with Gasteiger partial charge in [0.25, 0.3) is 0 Å². The van der Waals surface area contributed by atoms with Crippen molar-refractivity contribution in [2.24, 2.45) is 0 Å². The summed E-state index contributed by atoms with van der Waals surface area (Å²) in [6.07, 6.45) is 1.08. The number of benzene rings is 1. The molecule has 2 rings (SSSR count). The van der Waals surface area contributed by atoms with Crippen molar-refractivity contribution in [1.82, 2.24) is 0 Å². The summed E-state index contributed by atoms with van der Waals surface area (Å²) in [6.45, 7) is -0.361. The molecule has 0 unspecified atom stereocenters. The smallest absolute Gasteiger partial charge is 0.338 e. The van der Waals surface area contributed by atoms with Gasteiger partial charge in [0.1, 0.15) is 0 Å². The number of carbonyl (C=O) groups excluding carboxylic acids is 2. The molecule has 8 heteroatoms. The first-order valence-corrected chi connectivity index (χ1v) is 9.53. The Balaban J connectivity index is 1.99. The molecule has 2 aromatic rings. The highest BCUT2D eigenvalue weighted by Gasteiger charge is 2.14. The van der Waals surface area contributed by atoms with Crippen LogP contribution < -0.4 is 0 Å². The van der Waals surface area contributed by atoms with Crippen molar-refractivity contribution in [1.29, 1.82) is 0 Å². The standard InChI is InChI=1S/C14H11BrO5S2/c1-22(18,19)10-4-2-9(3-5-10)14(17)20-8-11(16)12-6-7-13(15)21-12/h2-7H,8H2,1H3. The molecule has 5 nitrogen and oxygen atoms in total. The number of rotatable bonds is 5. The van der Waals surface area contributed by atoms with Crippen LogP contribution in [0.3, 0.4) is 0 Å². The van der Waals surface area contributed by atoms with Crippen molar-refractivity contribution in [2.75, 3.05) is 12.9 Å². The van der Waals surface area contributed by atoms with Gasteiger partial charge in [0.2, 0.25) is 5.78 Å². The Bertz CT molecular complexity index is 806. The second-order valence-electron chi connectivity index (χ2n) is 4.40. The summed E-state index contributed by atoms with van der Waals surface area (Å²) in [7, 11) is -3.31. The molecule has 0 aliphatic carbocycles. The molecule has 22 heavy (non-hydrogen) atoms. The molecule has 1 heterocycles. The number of hydrogen-bond donors (Lipinski definition) is 0. The van der Waals surface area contributed by atoms with E-state index in [1.807, 2.05) is 0 Å². The fourth-order valence-electron chi connectivity index (χ4n) is 1.59. The largest absolute Gasteiger partial charge is 0.454 e. The lowest BCUT2D eigenvalue weighted by atomic mass is 10.2. The van der Waals surface area contributed by atoms with Crippen LogP contribution in [0.4, 0.5) is 0 Å².